The van der Waals surface area contributed by atoms with Gasteiger partial charge in [-0.3, -0.25) is 9.89 Å². The van der Waals surface area contributed by atoms with E-state index in [1.54, 1.807) is 0 Å². The molecule has 2 aliphatic rings. The Hall–Kier alpha value is -1.99. The number of H-pyrrole nitrogens is 1. The highest BCUT2D eigenvalue weighted by Gasteiger charge is 2.54. The fourth-order valence-corrected chi connectivity index (χ4v) is 3.21. The zero-order chi connectivity index (χ0) is 15.3. The van der Waals surface area contributed by atoms with Crippen molar-refractivity contribution >= 4 is 11.9 Å². The molecule has 114 valence electrons. The number of hydrogen-bond donors (Lipinski definition) is 2. The Bertz CT molecular complexity index is 595. The molecule has 6 nitrogen and oxygen atoms in total. The lowest BCUT2D eigenvalue weighted by Gasteiger charge is -2.54. The molecule has 1 spiro atoms. The van der Waals surface area contributed by atoms with E-state index in [-0.39, 0.29) is 30.8 Å². The van der Waals surface area contributed by atoms with Crippen molar-refractivity contribution < 1.29 is 23.5 Å². The van der Waals surface area contributed by atoms with Crippen molar-refractivity contribution in [2.75, 3.05) is 6.54 Å². The number of aromatic nitrogens is 2. The van der Waals surface area contributed by atoms with Crippen LogP contribution in [0.1, 0.15) is 53.1 Å². The van der Waals surface area contributed by atoms with Crippen LogP contribution in [0.4, 0.5) is 8.78 Å². The molecule has 2 fully saturated rings. The van der Waals surface area contributed by atoms with Crippen molar-refractivity contribution in [1.29, 1.82) is 0 Å². The van der Waals surface area contributed by atoms with Crippen LogP contribution in [-0.2, 0) is 0 Å². The summed E-state index contributed by atoms with van der Waals surface area (Å²) in [5, 5.41) is 14.8. The number of likely N-dealkylation sites (tertiary alicyclic amines) is 1. The van der Waals surface area contributed by atoms with Crippen molar-refractivity contribution in [3.63, 3.8) is 0 Å². The van der Waals surface area contributed by atoms with Crippen molar-refractivity contribution in [1.82, 2.24) is 15.1 Å². The maximum Gasteiger partial charge on any atom is 0.353 e. The second kappa shape index (κ2) is 4.51. The molecule has 3 rings (SSSR count). The summed E-state index contributed by atoms with van der Waals surface area (Å²) >= 11 is 0. The summed E-state index contributed by atoms with van der Waals surface area (Å²) < 4.78 is 27.3. The lowest BCUT2D eigenvalue weighted by atomic mass is 9.69. The number of hydrogen-bond acceptors (Lipinski definition) is 3. The smallest absolute Gasteiger partial charge is 0.353 e. The zero-order valence-electron chi connectivity index (χ0n) is 11.2. The summed E-state index contributed by atoms with van der Waals surface area (Å²) in [5.74, 6) is -4.44. The lowest BCUT2D eigenvalue weighted by Crippen LogP contribution is -2.62. The van der Waals surface area contributed by atoms with Crippen LogP contribution in [0.25, 0.3) is 0 Å². The maximum atomic E-state index is 13.6. The second-order valence-corrected chi connectivity index (χ2v) is 5.79. The average molecular weight is 299 g/mol. The van der Waals surface area contributed by atoms with E-state index >= 15 is 0 Å². The number of halogens is 2. The normalized spacial score (nSPS) is 22.9. The predicted molar refractivity (Wildman–Crippen MR) is 67.3 cm³/mol. The minimum absolute atomic E-state index is 0.0267. The van der Waals surface area contributed by atoms with Crippen molar-refractivity contribution in [2.24, 2.45) is 0 Å². The number of carbonyl (C=O) groups is 2. The van der Waals surface area contributed by atoms with Gasteiger partial charge < -0.3 is 10.0 Å². The Balaban J connectivity index is 1.84. The maximum absolute atomic E-state index is 13.6. The number of aromatic amines is 1. The summed E-state index contributed by atoms with van der Waals surface area (Å²) in [5.41, 5.74) is -1.02. The van der Waals surface area contributed by atoms with Crippen LogP contribution in [0.5, 0.6) is 0 Å². The molecule has 1 aliphatic carbocycles. The monoisotopic (exact) mass is 299 g/mol. The first kappa shape index (κ1) is 14.0. The van der Waals surface area contributed by atoms with E-state index < -0.39 is 23.3 Å². The van der Waals surface area contributed by atoms with E-state index in [1.165, 1.54) is 4.90 Å². The van der Waals surface area contributed by atoms with Gasteiger partial charge in [-0.2, -0.15) is 5.10 Å². The number of nitrogens with zero attached hydrogens (tertiary/aromatic N) is 2. The minimum atomic E-state index is -2.74. The molecule has 0 aromatic carbocycles. The highest BCUT2D eigenvalue weighted by Crippen LogP contribution is 2.49. The summed E-state index contributed by atoms with van der Waals surface area (Å²) in [7, 11) is 0. The molecule has 0 atom stereocenters. The van der Waals surface area contributed by atoms with Crippen molar-refractivity contribution in [3.05, 3.63) is 17.5 Å². The molecule has 0 bridgehead atoms. The third-order valence-corrected chi connectivity index (χ3v) is 4.42. The summed E-state index contributed by atoms with van der Waals surface area (Å²) in [6.07, 6.45) is 1.26. The number of carboxylic acids is 1. The Morgan fingerprint density at radius 3 is 2.57 bits per heavy atom. The van der Waals surface area contributed by atoms with E-state index in [9.17, 15) is 18.4 Å². The van der Waals surface area contributed by atoms with E-state index in [4.69, 9.17) is 5.11 Å². The first-order valence-electron chi connectivity index (χ1n) is 6.82. The van der Waals surface area contributed by atoms with Gasteiger partial charge in [0.05, 0.1) is 0 Å². The van der Waals surface area contributed by atoms with Gasteiger partial charge in [0.1, 0.15) is 5.69 Å². The molecule has 8 heteroatoms. The molecule has 1 amide bonds. The number of carboxylic acid groups (broad SMARTS) is 1. The predicted octanol–water partition coefficient (Wildman–Crippen LogP) is 1.90. The number of amides is 1. The number of carbonyl (C=O) groups excluding carboxylic acids is 1. The molecule has 0 radical (unpaired) electrons. The standard InChI is InChI=1S/C13H15F2N3O3/c14-13(15)4-5-18(12(7-13)2-1-3-12)10(19)8-6-9(11(20)21)17-16-8/h6H,1-5,7H2,(H,16,17)(H,20,21). The molecular weight excluding hydrogens is 284 g/mol. The van der Waals surface area contributed by atoms with E-state index in [0.29, 0.717) is 12.8 Å². The molecule has 1 aromatic heterocycles. The van der Waals surface area contributed by atoms with Crippen molar-refractivity contribution in [3.8, 4) is 0 Å². The van der Waals surface area contributed by atoms with Gasteiger partial charge in [0.25, 0.3) is 11.8 Å². The Labute approximate surface area is 119 Å². The number of alkyl halides is 2. The van der Waals surface area contributed by atoms with Crippen LogP contribution in [-0.4, -0.2) is 50.1 Å². The highest BCUT2D eigenvalue weighted by atomic mass is 19.3. The fraction of sp³-hybridized carbons (Fsp3) is 0.615. The summed E-state index contributed by atoms with van der Waals surface area (Å²) in [6, 6.07) is 1.14. The number of nitrogens with one attached hydrogen (secondary N) is 1. The van der Waals surface area contributed by atoms with Gasteiger partial charge in [0.15, 0.2) is 5.69 Å². The van der Waals surface area contributed by atoms with Gasteiger partial charge in [-0.1, -0.05) is 0 Å². The molecule has 1 aliphatic heterocycles. The van der Waals surface area contributed by atoms with Crippen LogP contribution in [0.2, 0.25) is 0 Å². The molecule has 1 saturated carbocycles. The molecule has 1 saturated heterocycles. The van der Waals surface area contributed by atoms with E-state index in [2.05, 4.69) is 10.2 Å². The Kier molecular flexibility index (Phi) is 3.00. The summed E-state index contributed by atoms with van der Waals surface area (Å²) in [4.78, 5) is 24.7. The zero-order valence-corrected chi connectivity index (χ0v) is 11.2. The lowest BCUT2D eigenvalue weighted by molar-refractivity contribution is -0.125. The summed E-state index contributed by atoms with van der Waals surface area (Å²) in [6.45, 7) is -0.0267. The Morgan fingerprint density at radius 1 is 1.33 bits per heavy atom. The SMILES string of the molecule is O=C(O)c1cc(C(=O)N2CCC(F)(F)CC23CCC3)n[nH]1. The first-order valence-corrected chi connectivity index (χ1v) is 6.82. The molecule has 0 unspecified atom stereocenters. The second-order valence-electron chi connectivity index (χ2n) is 5.79. The number of piperidine rings is 1. The van der Waals surface area contributed by atoms with Gasteiger partial charge in [0, 0.05) is 31.0 Å². The van der Waals surface area contributed by atoms with Crippen LogP contribution in [0, 0.1) is 0 Å². The van der Waals surface area contributed by atoms with Gasteiger partial charge in [-0.05, 0) is 19.3 Å². The van der Waals surface area contributed by atoms with Gasteiger partial charge in [-0.25, -0.2) is 13.6 Å². The van der Waals surface area contributed by atoms with Crippen LogP contribution >= 0.6 is 0 Å². The van der Waals surface area contributed by atoms with Crippen LogP contribution < -0.4 is 0 Å². The molecule has 2 heterocycles. The van der Waals surface area contributed by atoms with Gasteiger partial charge >= 0.3 is 5.97 Å². The third-order valence-electron chi connectivity index (χ3n) is 4.42. The topological polar surface area (TPSA) is 86.3 Å². The third kappa shape index (κ3) is 2.28. The largest absolute Gasteiger partial charge is 0.477 e. The average Bonchev–Trinajstić information content (AvgIpc) is 2.84. The molecular formula is C13H15F2N3O3. The molecule has 2 N–H and O–H groups in total. The van der Waals surface area contributed by atoms with Crippen LogP contribution in [0.15, 0.2) is 6.07 Å². The quantitative estimate of drug-likeness (QED) is 0.873. The molecule has 1 aromatic rings. The Morgan fingerprint density at radius 2 is 2.05 bits per heavy atom. The van der Waals surface area contributed by atoms with E-state index in [1.807, 2.05) is 0 Å². The first-order chi connectivity index (χ1) is 9.83. The van der Waals surface area contributed by atoms with Crippen LogP contribution in [0.3, 0.4) is 0 Å². The minimum Gasteiger partial charge on any atom is -0.477 e. The molecule has 21 heavy (non-hydrogen) atoms. The van der Waals surface area contributed by atoms with Gasteiger partial charge in [0.2, 0.25) is 0 Å². The number of aromatic carboxylic acids is 1. The fourth-order valence-electron chi connectivity index (χ4n) is 3.21. The highest BCUT2D eigenvalue weighted by molar-refractivity contribution is 5.95. The van der Waals surface area contributed by atoms with Gasteiger partial charge in [-0.15, -0.1) is 0 Å². The van der Waals surface area contributed by atoms with E-state index in [0.717, 1.165) is 12.5 Å². The van der Waals surface area contributed by atoms with Crippen molar-refractivity contribution in [2.45, 2.75) is 43.6 Å². The number of rotatable bonds is 2.